The Morgan fingerprint density at radius 1 is 1.17 bits per heavy atom. The number of fused-ring (bicyclic) bond motifs is 1. The molecule has 3 heterocycles. The van der Waals surface area contributed by atoms with Gasteiger partial charge in [0.15, 0.2) is 0 Å². The summed E-state index contributed by atoms with van der Waals surface area (Å²) in [4.78, 5) is 17.9. The monoisotopic (exact) mass is 328 g/mol. The second-order valence-electron chi connectivity index (χ2n) is 8.03. The molecule has 0 N–H and O–H groups in total. The molecule has 0 bridgehead atoms. The number of nitrogens with zero attached hydrogens (tertiary/aromatic N) is 2. The van der Waals surface area contributed by atoms with Crippen LogP contribution in [-0.2, 0) is 9.53 Å². The molecule has 4 rings (SSSR count). The van der Waals surface area contributed by atoms with Crippen molar-refractivity contribution in [2.45, 2.75) is 38.1 Å². The van der Waals surface area contributed by atoms with Crippen molar-refractivity contribution in [3.05, 3.63) is 35.4 Å². The first-order chi connectivity index (χ1) is 11.6. The van der Waals surface area contributed by atoms with Gasteiger partial charge in [0.25, 0.3) is 0 Å². The number of ether oxygens (including phenoxy) is 1. The normalized spacial score (nSPS) is 34.8. The Hall–Kier alpha value is -1.39. The van der Waals surface area contributed by atoms with Crippen LogP contribution in [0.4, 0.5) is 0 Å². The number of likely N-dealkylation sites (N-methyl/N-ethyl adjacent to an activating group) is 1. The van der Waals surface area contributed by atoms with E-state index < -0.39 is 5.41 Å². The van der Waals surface area contributed by atoms with Gasteiger partial charge in [-0.3, -0.25) is 9.69 Å². The summed E-state index contributed by atoms with van der Waals surface area (Å²) in [5.74, 6) is 0.239. The van der Waals surface area contributed by atoms with Crippen molar-refractivity contribution < 1.29 is 9.53 Å². The summed E-state index contributed by atoms with van der Waals surface area (Å²) in [6.45, 7) is 6.36. The predicted molar refractivity (Wildman–Crippen MR) is 94.0 cm³/mol. The molecular formula is C20H28N2O2. The summed E-state index contributed by atoms with van der Waals surface area (Å²) in [6.07, 6.45) is 3.66. The molecule has 4 nitrogen and oxygen atoms in total. The number of hydrogen-bond acceptors (Lipinski definition) is 4. The molecule has 4 heteroatoms. The van der Waals surface area contributed by atoms with Gasteiger partial charge in [-0.15, -0.1) is 0 Å². The third-order valence-electron chi connectivity index (χ3n) is 6.24. The van der Waals surface area contributed by atoms with Crippen LogP contribution in [0.2, 0.25) is 0 Å². The van der Waals surface area contributed by atoms with Crippen LogP contribution in [0.1, 0.15) is 36.3 Å². The molecule has 3 atom stereocenters. The molecular weight excluding hydrogens is 300 g/mol. The van der Waals surface area contributed by atoms with Crippen molar-refractivity contribution in [2.24, 2.45) is 5.41 Å². The number of carbonyl (C=O) groups excluding carboxylic acids is 1. The predicted octanol–water partition coefficient (Wildman–Crippen LogP) is 2.42. The zero-order valence-electron chi connectivity index (χ0n) is 14.8. The molecule has 3 unspecified atom stereocenters. The van der Waals surface area contributed by atoms with Crippen molar-refractivity contribution >= 4 is 5.97 Å². The molecule has 0 radical (unpaired) electrons. The van der Waals surface area contributed by atoms with Gasteiger partial charge in [0, 0.05) is 31.6 Å². The quantitative estimate of drug-likeness (QED) is 0.741. The fraction of sp³-hybridized carbons (Fsp3) is 0.650. The Bertz CT molecular complexity index is 615. The van der Waals surface area contributed by atoms with Crippen molar-refractivity contribution in [2.75, 3.05) is 39.8 Å². The summed E-state index contributed by atoms with van der Waals surface area (Å²) in [5.41, 5.74) is 2.12. The maximum atomic E-state index is 13.1. The van der Waals surface area contributed by atoms with E-state index in [0.717, 1.165) is 32.6 Å². The second-order valence-corrected chi connectivity index (χ2v) is 8.03. The maximum absolute atomic E-state index is 13.1. The van der Waals surface area contributed by atoms with E-state index in [1.165, 1.54) is 24.0 Å². The number of likely N-dealkylation sites (tertiary alicyclic amines) is 1. The highest BCUT2D eigenvalue weighted by Crippen LogP contribution is 2.46. The lowest BCUT2D eigenvalue weighted by atomic mass is 9.73. The summed E-state index contributed by atoms with van der Waals surface area (Å²) < 4.78 is 5.83. The molecule has 0 aromatic heterocycles. The van der Waals surface area contributed by atoms with Gasteiger partial charge in [0.05, 0.1) is 0 Å². The lowest BCUT2D eigenvalue weighted by Gasteiger charge is -2.38. The zero-order valence-corrected chi connectivity index (χ0v) is 14.8. The molecule has 24 heavy (non-hydrogen) atoms. The Kier molecular flexibility index (Phi) is 4.13. The van der Waals surface area contributed by atoms with Crippen LogP contribution in [0.3, 0.4) is 0 Å². The molecule has 0 saturated carbocycles. The number of benzene rings is 1. The topological polar surface area (TPSA) is 32.8 Å². The standard InChI is InChI=1S/C20H28N2O2/c1-15-6-8-16(9-7-15)18-11-21(2)13-20(18)14-22-10-4-3-5-17(22)12-24-19(20)23/h6-9,17-18H,3-5,10-14H2,1-2H3. The maximum Gasteiger partial charge on any atom is 0.315 e. The van der Waals surface area contributed by atoms with Crippen LogP contribution in [0.5, 0.6) is 0 Å². The lowest BCUT2D eigenvalue weighted by molar-refractivity contribution is -0.154. The highest BCUT2D eigenvalue weighted by molar-refractivity contribution is 5.80. The van der Waals surface area contributed by atoms with Crippen LogP contribution < -0.4 is 0 Å². The number of esters is 1. The summed E-state index contributed by atoms with van der Waals surface area (Å²) in [6, 6.07) is 9.14. The molecule has 3 fully saturated rings. The lowest BCUT2D eigenvalue weighted by Crippen LogP contribution is -2.49. The van der Waals surface area contributed by atoms with Crippen LogP contribution in [-0.4, -0.2) is 61.6 Å². The largest absolute Gasteiger partial charge is 0.464 e. The number of cyclic esters (lactones) is 1. The number of aryl methyl sites for hydroxylation is 1. The van der Waals surface area contributed by atoms with Crippen LogP contribution in [0, 0.1) is 12.3 Å². The minimum absolute atomic E-state index is 0.0202. The van der Waals surface area contributed by atoms with Gasteiger partial charge in [-0.05, 0) is 38.9 Å². The van der Waals surface area contributed by atoms with E-state index in [1.54, 1.807) is 0 Å². The van der Waals surface area contributed by atoms with Gasteiger partial charge in [-0.25, -0.2) is 0 Å². The number of carbonyl (C=O) groups is 1. The van der Waals surface area contributed by atoms with Gasteiger partial charge in [0.1, 0.15) is 12.0 Å². The minimum Gasteiger partial charge on any atom is -0.464 e. The summed E-state index contributed by atoms with van der Waals surface area (Å²) in [5, 5.41) is 0. The molecule has 1 aromatic carbocycles. The molecule has 0 aliphatic carbocycles. The fourth-order valence-corrected chi connectivity index (χ4v) is 4.93. The van der Waals surface area contributed by atoms with E-state index in [4.69, 9.17) is 4.74 Å². The molecule has 3 saturated heterocycles. The average molecular weight is 328 g/mol. The summed E-state index contributed by atoms with van der Waals surface area (Å²) in [7, 11) is 2.13. The molecule has 3 aliphatic rings. The van der Waals surface area contributed by atoms with Gasteiger partial charge < -0.3 is 9.64 Å². The Morgan fingerprint density at radius 2 is 1.96 bits per heavy atom. The van der Waals surface area contributed by atoms with Crippen molar-refractivity contribution in [3.8, 4) is 0 Å². The van der Waals surface area contributed by atoms with E-state index in [-0.39, 0.29) is 11.9 Å². The van der Waals surface area contributed by atoms with E-state index in [9.17, 15) is 4.79 Å². The first-order valence-corrected chi connectivity index (χ1v) is 9.25. The smallest absolute Gasteiger partial charge is 0.315 e. The van der Waals surface area contributed by atoms with Crippen molar-refractivity contribution in [3.63, 3.8) is 0 Å². The van der Waals surface area contributed by atoms with E-state index >= 15 is 0 Å². The Morgan fingerprint density at radius 3 is 2.75 bits per heavy atom. The highest BCUT2D eigenvalue weighted by atomic mass is 16.5. The highest BCUT2D eigenvalue weighted by Gasteiger charge is 2.55. The van der Waals surface area contributed by atoms with Gasteiger partial charge >= 0.3 is 5.97 Å². The third-order valence-corrected chi connectivity index (χ3v) is 6.24. The molecule has 1 aromatic rings. The fourth-order valence-electron chi connectivity index (χ4n) is 4.93. The first kappa shape index (κ1) is 16.1. The minimum atomic E-state index is -0.421. The molecule has 0 amide bonds. The van der Waals surface area contributed by atoms with Gasteiger partial charge in [-0.2, -0.15) is 0 Å². The zero-order chi connectivity index (χ0) is 16.7. The molecule has 3 aliphatic heterocycles. The van der Waals surface area contributed by atoms with E-state index in [1.807, 2.05) is 0 Å². The third kappa shape index (κ3) is 2.66. The van der Waals surface area contributed by atoms with Crippen LogP contribution in [0.25, 0.3) is 0 Å². The van der Waals surface area contributed by atoms with E-state index in [0.29, 0.717) is 12.6 Å². The van der Waals surface area contributed by atoms with Gasteiger partial charge in [0.2, 0.25) is 0 Å². The Balaban J connectivity index is 1.71. The van der Waals surface area contributed by atoms with E-state index in [2.05, 4.69) is 48.0 Å². The van der Waals surface area contributed by atoms with Crippen molar-refractivity contribution in [1.29, 1.82) is 0 Å². The second kappa shape index (κ2) is 6.16. The average Bonchev–Trinajstić information content (AvgIpc) is 2.84. The SMILES string of the molecule is Cc1ccc(C2CN(C)CC23CN2CCCCC2COC3=O)cc1. The first-order valence-electron chi connectivity index (χ1n) is 9.25. The van der Waals surface area contributed by atoms with Crippen LogP contribution in [0.15, 0.2) is 24.3 Å². The van der Waals surface area contributed by atoms with Crippen LogP contribution >= 0.6 is 0 Å². The van der Waals surface area contributed by atoms with Gasteiger partial charge in [-0.1, -0.05) is 36.2 Å². The number of piperidine rings is 1. The number of rotatable bonds is 1. The Labute approximate surface area is 144 Å². The molecule has 1 spiro atoms. The summed E-state index contributed by atoms with van der Waals surface area (Å²) >= 11 is 0. The number of hydrogen-bond donors (Lipinski definition) is 0. The molecule has 130 valence electrons. The van der Waals surface area contributed by atoms with Crippen molar-refractivity contribution in [1.82, 2.24) is 9.80 Å².